The molecule has 32 heavy (non-hydrogen) atoms. The molecule has 0 saturated carbocycles. The molecular weight excluding hydrogens is 404 g/mol. The molecule has 1 fully saturated rings. The van der Waals surface area contributed by atoms with Crippen molar-refractivity contribution in [1.29, 1.82) is 0 Å². The summed E-state index contributed by atoms with van der Waals surface area (Å²) >= 11 is 0. The number of hydrogen-bond donors (Lipinski definition) is 1. The Kier molecular flexibility index (Phi) is 5.26. The highest BCUT2D eigenvalue weighted by atomic mass is 16.5. The first-order valence-electron chi connectivity index (χ1n) is 11.0. The maximum atomic E-state index is 6.19. The molecule has 0 amide bonds. The number of likely N-dealkylation sites (N-methyl/N-ethyl adjacent to an activating group) is 1. The molecule has 9 nitrogen and oxygen atoms in total. The summed E-state index contributed by atoms with van der Waals surface area (Å²) in [5, 5.41) is 20.7. The fraction of sp³-hybridized carbons (Fsp3) is 0.391. The van der Waals surface area contributed by atoms with Crippen LogP contribution in [0.15, 0.2) is 36.7 Å². The van der Waals surface area contributed by atoms with Crippen molar-refractivity contribution in [2.75, 3.05) is 25.0 Å². The molecule has 0 spiro atoms. The van der Waals surface area contributed by atoms with Crippen LogP contribution in [-0.4, -0.2) is 60.2 Å². The van der Waals surface area contributed by atoms with Gasteiger partial charge < -0.3 is 10.1 Å². The van der Waals surface area contributed by atoms with Crippen LogP contribution in [0.4, 0.5) is 11.6 Å². The third-order valence-electron chi connectivity index (χ3n) is 6.23. The second-order valence-electron chi connectivity index (χ2n) is 8.30. The number of fused-ring (bicyclic) bond motifs is 1. The molecular formula is C23H28N8O. The number of aryl methyl sites for hydroxylation is 3. The quantitative estimate of drug-likeness (QED) is 0.479. The number of pyridine rings is 1. The number of rotatable bonds is 7. The van der Waals surface area contributed by atoms with Gasteiger partial charge in [-0.2, -0.15) is 15.3 Å². The van der Waals surface area contributed by atoms with E-state index in [9.17, 15) is 0 Å². The molecule has 1 atom stereocenters. The zero-order valence-corrected chi connectivity index (χ0v) is 18.9. The number of likely N-dealkylation sites (tertiary alicyclic amines) is 1. The van der Waals surface area contributed by atoms with E-state index < -0.39 is 0 Å². The largest absolute Gasteiger partial charge is 0.488 e. The summed E-state index contributed by atoms with van der Waals surface area (Å²) < 4.78 is 9.89. The molecule has 0 aromatic carbocycles. The molecule has 0 radical (unpaired) electrons. The maximum Gasteiger partial charge on any atom is 0.165 e. The first-order chi connectivity index (χ1) is 15.5. The monoisotopic (exact) mass is 432 g/mol. The molecule has 5 heterocycles. The van der Waals surface area contributed by atoms with Gasteiger partial charge in [-0.15, -0.1) is 5.10 Å². The van der Waals surface area contributed by atoms with Crippen molar-refractivity contribution in [3.8, 4) is 17.0 Å². The number of nitrogens with zero attached hydrogens (tertiary/aromatic N) is 7. The Labute approximate surface area is 187 Å². The molecule has 0 bridgehead atoms. The van der Waals surface area contributed by atoms with E-state index in [2.05, 4.69) is 43.6 Å². The first-order valence-corrected chi connectivity index (χ1v) is 11.0. The number of ether oxygens (including phenoxy) is 1. The van der Waals surface area contributed by atoms with Crippen LogP contribution >= 0.6 is 0 Å². The lowest BCUT2D eigenvalue weighted by Crippen LogP contribution is -2.50. The van der Waals surface area contributed by atoms with E-state index in [-0.39, 0.29) is 0 Å². The van der Waals surface area contributed by atoms with E-state index in [1.807, 2.05) is 54.5 Å². The number of nitrogens with one attached hydrogen (secondary N) is 1. The Bertz CT molecular complexity index is 1260. The highest BCUT2D eigenvalue weighted by Gasteiger charge is 2.27. The van der Waals surface area contributed by atoms with Gasteiger partial charge in [0.05, 0.1) is 17.4 Å². The minimum Gasteiger partial charge on any atom is -0.488 e. The highest BCUT2D eigenvalue weighted by Crippen LogP contribution is 2.31. The Morgan fingerprint density at radius 2 is 2.03 bits per heavy atom. The molecule has 4 aromatic rings. The number of aromatic nitrogens is 6. The van der Waals surface area contributed by atoms with E-state index in [1.165, 1.54) is 6.42 Å². The van der Waals surface area contributed by atoms with Crippen molar-refractivity contribution in [1.82, 2.24) is 34.5 Å². The van der Waals surface area contributed by atoms with E-state index >= 15 is 0 Å². The summed E-state index contributed by atoms with van der Waals surface area (Å²) in [7, 11) is 1.94. The zero-order valence-electron chi connectivity index (χ0n) is 18.9. The van der Waals surface area contributed by atoms with Crippen LogP contribution in [0.5, 0.6) is 5.75 Å². The molecule has 0 unspecified atom stereocenters. The van der Waals surface area contributed by atoms with E-state index in [0.717, 1.165) is 46.9 Å². The van der Waals surface area contributed by atoms with E-state index in [1.54, 1.807) is 6.20 Å². The average Bonchev–Trinajstić information content (AvgIpc) is 3.32. The van der Waals surface area contributed by atoms with Gasteiger partial charge in [0.15, 0.2) is 17.4 Å². The summed E-state index contributed by atoms with van der Waals surface area (Å²) in [6.07, 6.45) is 4.94. The van der Waals surface area contributed by atoms with Gasteiger partial charge in [-0.3, -0.25) is 9.58 Å². The van der Waals surface area contributed by atoms with Crippen molar-refractivity contribution in [2.45, 2.75) is 33.2 Å². The molecule has 1 aliphatic rings. The fourth-order valence-corrected chi connectivity index (χ4v) is 4.08. The Balaban J connectivity index is 1.38. The maximum absolute atomic E-state index is 6.19. The standard InChI is InChI=1S/C23H28N8O/c1-5-30-8-7-18(30)14-32-20-13-24-29(4)23(20)17-6-9-31-19(11-17)12-22(28-31)25-21-10-15(2)16(3)26-27-21/h6,9-13,18H,5,7-8,14H2,1-4H3,(H,25,27,28)/t18-/m1/s1. The van der Waals surface area contributed by atoms with Gasteiger partial charge in [0.2, 0.25) is 0 Å². The van der Waals surface area contributed by atoms with Crippen molar-refractivity contribution in [3.05, 3.63) is 47.9 Å². The van der Waals surface area contributed by atoms with Crippen molar-refractivity contribution in [2.24, 2.45) is 7.05 Å². The van der Waals surface area contributed by atoms with Gasteiger partial charge in [-0.05, 0) is 50.6 Å². The van der Waals surface area contributed by atoms with Gasteiger partial charge in [0.1, 0.15) is 12.3 Å². The molecule has 1 aliphatic heterocycles. The number of hydrogen-bond acceptors (Lipinski definition) is 7. The Morgan fingerprint density at radius 1 is 1.16 bits per heavy atom. The molecule has 166 valence electrons. The van der Waals surface area contributed by atoms with Gasteiger partial charge in [-0.25, -0.2) is 4.52 Å². The Morgan fingerprint density at radius 3 is 2.78 bits per heavy atom. The van der Waals surface area contributed by atoms with Crippen LogP contribution < -0.4 is 10.1 Å². The lowest BCUT2D eigenvalue weighted by atomic mass is 10.0. The highest BCUT2D eigenvalue weighted by molar-refractivity contribution is 5.72. The number of anilines is 2. The molecule has 5 rings (SSSR count). The molecule has 1 saturated heterocycles. The SMILES string of the molecule is CCN1CC[C@@H]1COc1cnn(C)c1-c1ccn2nc(Nc3cc(C)c(C)nn3)cc2c1. The summed E-state index contributed by atoms with van der Waals surface area (Å²) in [5.74, 6) is 2.20. The van der Waals surface area contributed by atoms with E-state index in [4.69, 9.17) is 4.74 Å². The average molecular weight is 433 g/mol. The molecule has 1 N–H and O–H groups in total. The fourth-order valence-electron chi connectivity index (χ4n) is 4.08. The van der Waals surface area contributed by atoms with Crippen molar-refractivity contribution in [3.63, 3.8) is 0 Å². The second-order valence-corrected chi connectivity index (χ2v) is 8.30. The van der Waals surface area contributed by atoms with Crippen LogP contribution in [0.1, 0.15) is 24.6 Å². The van der Waals surface area contributed by atoms with Crippen LogP contribution in [0.2, 0.25) is 0 Å². The minimum absolute atomic E-state index is 0.493. The van der Waals surface area contributed by atoms with Gasteiger partial charge in [-0.1, -0.05) is 6.92 Å². The summed E-state index contributed by atoms with van der Waals surface area (Å²) in [5.41, 5.74) is 4.96. The first kappa shape index (κ1) is 20.4. The summed E-state index contributed by atoms with van der Waals surface area (Å²) in [4.78, 5) is 2.43. The third-order valence-corrected chi connectivity index (χ3v) is 6.23. The zero-order chi connectivity index (χ0) is 22.2. The van der Waals surface area contributed by atoms with E-state index in [0.29, 0.717) is 24.3 Å². The van der Waals surface area contributed by atoms with Crippen LogP contribution in [-0.2, 0) is 7.05 Å². The molecule has 9 heteroatoms. The topological polar surface area (TPSA) is 85.4 Å². The summed E-state index contributed by atoms with van der Waals surface area (Å²) in [6.45, 7) is 9.07. The van der Waals surface area contributed by atoms with Crippen LogP contribution in [0.3, 0.4) is 0 Å². The Hall–Kier alpha value is -3.46. The van der Waals surface area contributed by atoms with Gasteiger partial charge in [0.25, 0.3) is 0 Å². The predicted molar refractivity (Wildman–Crippen MR) is 123 cm³/mol. The summed E-state index contributed by atoms with van der Waals surface area (Å²) in [6, 6.07) is 8.58. The molecule has 4 aromatic heterocycles. The van der Waals surface area contributed by atoms with Crippen LogP contribution in [0.25, 0.3) is 16.8 Å². The van der Waals surface area contributed by atoms with Gasteiger partial charge >= 0.3 is 0 Å². The van der Waals surface area contributed by atoms with Gasteiger partial charge in [0, 0.05) is 37.5 Å². The lowest BCUT2D eigenvalue weighted by Gasteiger charge is -2.39. The van der Waals surface area contributed by atoms with Crippen LogP contribution in [0, 0.1) is 13.8 Å². The van der Waals surface area contributed by atoms with Crippen molar-refractivity contribution < 1.29 is 4.74 Å². The third kappa shape index (κ3) is 3.80. The smallest absolute Gasteiger partial charge is 0.165 e. The predicted octanol–water partition coefficient (Wildman–Crippen LogP) is 3.36. The molecule has 0 aliphatic carbocycles. The lowest BCUT2D eigenvalue weighted by molar-refractivity contribution is 0.0563. The normalized spacial score (nSPS) is 16.3. The van der Waals surface area contributed by atoms with Crippen molar-refractivity contribution >= 4 is 17.2 Å². The second kappa shape index (κ2) is 8.23. The minimum atomic E-state index is 0.493.